The third-order valence-corrected chi connectivity index (χ3v) is 0.786. The van der Waals surface area contributed by atoms with Crippen LogP contribution in [-0.4, -0.2) is 25.7 Å². The van der Waals surface area contributed by atoms with E-state index in [1.54, 1.807) is 6.92 Å². The van der Waals surface area contributed by atoms with E-state index in [1.165, 1.54) is 7.11 Å². The molecule has 0 atom stereocenters. The Morgan fingerprint density at radius 2 is 1.91 bits per heavy atom. The fourth-order valence-electron chi connectivity index (χ4n) is 0.344. The van der Waals surface area contributed by atoms with Gasteiger partial charge in [0, 0.05) is 0 Å². The van der Waals surface area contributed by atoms with Crippen molar-refractivity contribution < 1.29 is 24.1 Å². The summed E-state index contributed by atoms with van der Waals surface area (Å²) >= 11 is 0. The molecule has 0 aromatic carbocycles. The van der Waals surface area contributed by atoms with Crippen molar-refractivity contribution in [3.8, 4) is 0 Å². The fourth-order valence-corrected chi connectivity index (χ4v) is 0.344. The number of esters is 1. The second kappa shape index (κ2) is 5.67. The molecule has 0 aliphatic rings. The molecular weight excluding hydrogens is 152 g/mol. The topological polar surface area (TPSA) is 61.8 Å². The van der Waals surface area contributed by atoms with Crippen molar-refractivity contribution in [1.82, 2.24) is 0 Å². The predicted molar refractivity (Wildman–Crippen MR) is 34.4 cm³/mol. The molecule has 0 aliphatic carbocycles. The molecule has 0 radical (unpaired) electrons. The van der Waals surface area contributed by atoms with E-state index in [4.69, 9.17) is 0 Å². The summed E-state index contributed by atoms with van der Waals surface area (Å²) in [6.07, 6.45) is -0.420. The quantitative estimate of drug-likeness (QED) is 0.253. The minimum absolute atomic E-state index is 0.257. The lowest BCUT2D eigenvalue weighted by Crippen LogP contribution is -2.12. The molecule has 0 unspecified atom stereocenters. The Hall–Kier alpha value is -1.10. The van der Waals surface area contributed by atoms with Gasteiger partial charge in [-0.2, -0.15) is 4.89 Å². The van der Waals surface area contributed by atoms with E-state index in [9.17, 15) is 9.59 Å². The smallest absolute Gasteiger partial charge is 0.353 e. The molecule has 0 N–H and O–H groups in total. The maximum atomic E-state index is 10.5. The zero-order valence-corrected chi connectivity index (χ0v) is 6.46. The van der Waals surface area contributed by atoms with E-state index in [2.05, 4.69) is 14.5 Å². The van der Waals surface area contributed by atoms with Crippen LogP contribution in [0, 0.1) is 0 Å². The molecule has 0 amide bonds. The molecule has 0 heterocycles. The average molecular weight is 162 g/mol. The highest BCUT2D eigenvalue weighted by Crippen LogP contribution is 1.89. The third kappa shape index (κ3) is 5.35. The molecular formula is C6H10O5. The van der Waals surface area contributed by atoms with Crippen molar-refractivity contribution in [2.75, 3.05) is 13.7 Å². The van der Waals surface area contributed by atoms with Crippen LogP contribution in [0.2, 0.25) is 0 Å². The zero-order chi connectivity index (χ0) is 8.69. The number of hydrogen-bond donors (Lipinski definition) is 0. The molecule has 0 fully saturated rings. The zero-order valence-electron chi connectivity index (χ0n) is 6.46. The van der Waals surface area contributed by atoms with Crippen LogP contribution < -0.4 is 0 Å². The van der Waals surface area contributed by atoms with Gasteiger partial charge in [-0.3, -0.25) is 9.68 Å². The first kappa shape index (κ1) is 9.90. The van der Waals surface area contributed by atoms with Gasteiger partial charge < -0.3 is 4.74 Å². The van der Waals surface area contributed by atoms with Crippen molar-refractivity contribution >= 4 is 11.9 Å². The Bertz CT molecular complexity index is 142. The van der Waals surface area contributed by atoms with Crippen LogP contribution in [0.1, 0.15) is 13.3 Å². The predicted octanol–water partition coefficient (Wildman–Crippen LogP) is 0.0442. The summed E-state index contributed by atoms with van der Waals surface area (Å²) in [5, 5.41) is 0. The summed E-state index contributed by atoms with van der Waals surface area (Å²) in [7, 11) is 1.19. The molecule has 0 bridgehead atoms. The Kier molecular flexibility index (Phi) is 5.10. The summed E-state index contributed by atoms with van der Waals surface area (Å²) in [5.74, 6) is -1.39. The number of carbonyl (C=O) groups is 2. The van der Waals surface area contributed by atoms with E-state index < -0.39 is 18.4 Å². The Labute approximate surface area is 64.2 Å². The van der Waals surface area contributed by atoms with Gasteiger partial charge in [0.1, 0.15) is 6.42 Å². The lowest BCUT2D eigenvalue weighted by Gasteiger charge is -1.99. The average Bonchev–Trinajstić information content (AvgIpc) is 2.00. The minimum Gasteiger partial charge on any atom is -0.469 e. The fraction of sp³-hybridized carbons (Fsp3) is 0.667. The lowest BCUT2D eigenvalue weighted by molar-refractivity contribution is -0.269. The van der Waals surface area contributed by atoms with Crippen LogP contribution in [0.5, 0.6) is 0 Å². The van der Waals surface area contributed by atoms with Gasteiger partial charge in [-0.15, -0.1) is 0 Å². The van der Waals surface area contributed by atoms with Gasteiger partial charge in [0.15, 0.2) is 0 Å². The highest BCUT2D eigenvalue weighted by molar-refractivity contribution is 5.90. The summed E-state index contributed by atoms with van der Waals surface area (Å²) in [5.41, 5.74) is 0. The maximum Gasteiger partial charge on any atom is 0.353 e. The third-order valence-electron chi connectivity index (χ3n) is 0.786. The summed E-state index contributed by atoms with van der Waals surface area (Å²) < 4.78 is 4.21. The first-order valence-corrected chi connectivity index (χ1v) is 3.09. The van der Waals surface area contributed by atoms with Gasteiger partial charge in [0.2, 0.25) is 0 Å². The lowest BCUT2D eigenvalue weighted by atomic mass is 10.4. The van der Waals surface area contributed by atoms with E-state index in [-0.39, 0.29) is 6.61 Å². The molecule has 0 saturated carbocycles. The highest BCUT2D eigenvalue weighted by Gasteiger charge is 2.10. The molecule has 11 heavy (non-hydrogen) atoms. The molecule has 64 valence electrons. The van der Waals surface area contributed by atoms with Crippen LogP contribution in [0.25, 0.3) is 0 Å². The molecule has 5 nitrogen and oxygen atoms in total. The van der Waals surface area contributed by atoms with Gasteiger partial charge in [0.05, 0.1) is 13.7 Å². The first-order chi connectivity index (χ1) is 5.20. The molecule has 0 saturated heterocycles. The van der Waals surface area contributed by atoms with Crippen LogP contribution in [0.3, 0.4) is 0 Å². The van der Waals surface area contributed by atoms with Crippen molar-refractivity contribution in [2.24, 2.45) is 0 Å². The van der Waals surface area contributed by atoms with Gasteiger partial charge in [-0.1, -0.05) is 0 Å². The maximum absolute atomic E-state index is 10.5. The Morgan fingerprint density at radius 3 is 2.36 bits per heavy atom. The van der Waals surface area contributed by atoms with E-state index in [0.717, 1.165) is 0 Å². The molecule has 0 aromatic rings. The van der Waals surface area contributed by atoms with Gasteiger partial charge in [0.25, 0.3) is 0 Å². The summed E-state index contributed by atoms with van der Waals surface area (Å²) in [4.78, 5) is 29.3. The second-order valence-corrected chi connectivity index (χ2v) is 1.61. The van der Waals surface area contributed by atoms with Gasteiger partial charge in [-0.05, 0) is 6.92 Å². The largest absolute Gasteiger partial charge is 0.469 e. The minimum atomic E-state index is -0.751. The van der Waals surface area contributed by atoms with Crippen molar-refractivity contribution in [2.45, 2.75) is 13.3 Å². The summed E-state index contributed by atoms with van der Waals surface area (Å²) in [6.45, 7) is 1.92. The number of hydrogen-bond acceptors (Lipinski definition) is 5. The highest BCUT2D eigenvalue weighted by atomic mass is 17.2. The van der Waals surface area contributed by atoms with Crippen LogP contribution >= 0.6 is 0 Å². The van der Waals surface area contributed by atoms with E-state index in [0.29, 0.717) is 0 Å². The van der Waals surface area contributed by atoms with Crippen molar-refractivity contribution in [3.63, 3.8) is 0 Å². The van der Waals surface area contributed by atoms with Crippen molar-refractivity contribution in [3.05, 3.63) is 0 Å². The van der Waals surface area contributed by atoms with Crippen LogP contribution in [0.4, 0.5) is 0 Å². The molecule has 0 aromatic heterocycles. The molecule has 0 aliphatic heterocycles. The Morgan fingerprint density at radius 1 is 1.27 bits per heavy atom. The second-order valence-electron chi connectivity index (χ2n) is 1.61. The SMILES string of the molecule is CCOOC(=O)CC(=O)OC. The Balaban J connectivity index is 3.44. The van der Waals surface area contributed by atoms with Crippen molar-refractivity contribution in [1.29, 1.82) is 0 Å². The summed E-state index contributed by atoms with van der Waals surface area (Å²) in [6, 6.07) is 0. The van der Waals surface area contributed by atoms with E-state index >= 15 is 0 Å². The molecule has 0 rings (SSSR count). The number of carbonyl (C=O) groups excluding carboxylic acids is 2. The monoisotopic (exact) mass is 162 g/mol. The molecule has 5 heteroatoms. The van der Waals surface area contributed by atoms with Gasteiger partial charge >= 0.3 is 11.9 Å². The number of rotatable bonds is 4. The van der Waals surface area contributed by atoms with Crippen LogP contribution in [-0.2, 0) is 24.1 Å². The molecule has 0 spiro atoms. The van der Waals surface area contributed by atoms with E-state index in [1.807, 2.05) is 0 Å². The number of ether oxygens (including phenoxy) is 1. The first-order valence-electron chi connectivity index (χ1n) is 3.09. The standard InChI is InChI=1S/C6H10O5/c1-3-10-11-6(8)4-5(7)9-2/h3-4H2,1-2H3. The normalized spacial score (nSPS) is 8.91. The van der Waals surface area contributed by atoms with Crippen LogP contribution in [0.15, 0.2) is 0 Å². The van der Waals surface area contributed by atoms with Gasteiger partial charge in [-0.25, -0.2) is 4.79 Å². The number of methoxy groups -OCH3 is 1.